The Balaban J connectivity index is 1.44. The molecular weight excluding hydrogens is 188 g/mol. The fourth-order valence-corrected chi connectivity index (χ4v) is 2.48. The molecule has 2 heterocycles. The summed E-state index contributed by atoms with van der Waals surface area (Å²) in [7, 11) is 0. The van der Waals surface area contributed by atoms with Gasteiger partial charge in [-0.2, -0.15) is 0 Å². The molecule has 1 saturated heterocycles. The summed E-state index contributed by atoms with van der Waals surface area (Å²) >= 11 is 0. The van der Waals surface area contributed by atoms with E-state index in [2.05, 4.69) is 10.3 Å². The highest BCUT2D eigenvalue weighted by atomic mass is 16.5. The molecule has 1 aliphatic heterocycles. The fraction of sp³-hybridized carbons (Fsp3) is 0.583. The van der Waals surface area contributed by atoms with Crippen molar-refractivity contribution < 1.29 is 4.74 Å². The van der Waals surface area contributed by atoms with Gasteiger partial charge in [-0.05, 0) is 25.0 Å². The van der Waals surface area contributed by atoms with Crippen molar-refractivity contribution in [1.29, 1.82) is 0 Å². The molecule has 0 bridgehead atoms. The van der Waals surface area contributed by atoms with Crippen LogP contribution in [-0.2, 0) is 11.3 Å². The predicted octanol–water partition coefficient (Wildman–Crippen LogP) is 1.35. The second kappa shape index (κ2) is 3.58. The Hall–Kier alpha value is -0.930. The van der Waals surface area contributed by atoms with Gasteiger partial charge in [0.25, 0.3) is 0 Å². The molecule has 80 valence electrons. The number of nitrogens with zero attached hydrogens (tertiary/aromatic N) is 1. The highest BCUT2D eigenvalue weighted by molar-refractivity contribution is 5.05. The maximum Gasteiger partial charge on any atom is 0.0891 e. The minimum Gasteiger partial charge on any atom is -0.372 e. The fourth-order valence-electron chi connectivity index (χ4n) is 2.48. The second-order valence-corrected chi connectivity index (χ2v) is 4.77. The summed E-state index contributed by atoms with van der Waals surface area (Å²) < 4.78 is 5.80. The van der Waals surface area contributed by atoms with E-state index in [0.29, 0.717) is 18.1 Å². The number of nitrogens with one attached hydrogen (secondary N) is 1. The molecule has 1 N–H and O–H groups in total. The number of hydrogen-bond acceptors (Lipinski definition) is 3. The van der Waals surface area contributed by atoms with Crippen molar-refractivity contribution in [2.24, 2.45) is 5.41 Å². The summed E-state index contributed by atoms with van der Waals surface area (Å²) in [6, 6.07) is 5.95. The molecule has 1 saturated carbocycles. The number of rotatable bonds is 3. The van der Waals surface area contributed by atoms with Gasteiger partial charge < -0.3 is 10.1 Å². The number of hydrogen-bond donors (Lipinski definition) is 1. The van der Waals surface area contributed by atoms with Gasteiger partial charge in [0.05, 0.1) is 18.4 Å². The lowest BCUT2D eigenvalue weighted by Gasteiger charge is -2.53. The number of pyridine rings is 1. The molecule has 0 atom stereocenters. The van der Waals surface area contributed by atoms with Crippen LogP contribution in [-0.4, -0.2) is 24.2 Å². The normalized spacial score (nSPS) is 23.5. The quantitative estimate of drug-likeness (QED) is 0.807. The van der Waals surface area contributed by atoms with Crippen LogP contribution in [0.2, 0.25) is 0 Å². The summed E-state index contributed by atoms with van der Waals surface area (Å²) in [5.41, 5.74) is 1.64. The smallest absolute Gasteiger partial charge is 0.0891 e. The van der Waals surface area contributed by atoms with E-state index in [9.17, 15) is 0 Å². The molecule has 2 fully saturated rings. The molecule has 3 nitrogen and oxygen atoms in total. The molecule has 3 heteroatoms. The van der Waals surface area contributed by atoms with Crippen molar-refractivity contribution in [3.8, 4) is 0 Å². The molecule has 15 heavy (non-hydrogen) atoms. The molecule has 1 aromatic heterocycles. The van der Waals surface area contributed by atoms with Crippen molar-refractivity contribution in [2.45, 2.75) is 25.6 Å². The third-order valence-electron chi connectivity index (χ3n) is 3.51. The van der Waals surface area contributed by atoms with Gasteiger partial charge in [-0.1, -0.05) is 6.07 Å². The highest BCUT2D eigenvalue weighted by Gasteiger charge is 2.48. The maximum atomic E-state index is 5.80. The van der Waals surface area contributed by atoms with Crippen molar-refractivity contribution in [2.75, 3.05) is 13.1 Å². The SMILES string of the molecule is c1ccc(COC2CC3(CNC3)C2)nc1. The van der Waals surface area contributed by atoms with Gasteiger partial charge >= 0.3 is 0 Å². The molecule has 1 aliphatic carbocycles. The van der Waals surface area contributed by atoms with Crippen LogP contribution in [0.3, 0.4) is 0 Å². The Labute approximate surface area is 89.9 Å². The predicted molar refractivity (Wildman–Crippen MR) is 57.4 cm³/mol. The molecular formula is C12H16N2O. The van der Waals surface area contributed by atoms with Crippen LogP contribution in [0, 0.1) is 5.41 Å². The maximum absolute atomic E-state index is 5.80. The van der Waals surface area contributed by atoms with Crippen molar-refractivity contribution in [1.82, 2.24) is 10.3 Å². The molecule has 3 rings (SSSR count). The molecule has 0 aromatic carbocycles. The van der Waals surface area contributed by atoms with Gasteiger partial charge in [-0.15, -0.1) is 0 Å². The Morgan fingerprint density at radius 3 is 2.87 bits per heavy atom. The third-order valence-corrected chi connectivity index (χ3v) is 3.51. The van der Waals surface area contributed by atoms with Gasteiger partial charge in [0, 0.05) is 24.7 Å². The average molecular weight is 204 g/mol. The van der Waals surface area contributed by atoms with E-state index in [1.54, 1.807) is 0 Å². The first-order valence-electron chi connectivity index (χ1n) is 5.59. The van der Waals surface area contributed by atoms with Gasteiger partial charge in [0.1, 0.15) is 0 Å². The first-order chi connectivity index (χ1) is 7.36. The average Bonchev–Trinajstić information content (AvgIpc) is 2.15. The van der Waals surface area contributed by atoms with Gasteiger partial charge in [-0.3, -0.25) is 4.98 Å². The van der Waals surface area contributed by atoms with Crippen LogP contribution < -0.4 is 5.32 Å². The zero-order valence-electron chi connectivity index (χ0n) is 8.78. The molecule has 0 unspecified atom stereocenters. The molecule has 1 spiro atoms. The standard InChI is InChI=1S/C12H16N2O/c1-2-4-14-10(3-1)7-15-11-5-12(6-11)8-13-9-12/h1-4,11,13H,5-9H2. The van der Waals surface area contributed by atoms with E-state index in [1.165, 1.54) is 25.9 Å². The Morgan fingerprint density at radius 1 is 1.40 bits per heavy atom. The van der Waals surface area contributed by atoms with Crippen LogP contribution in [0.4, 0.5) is 0 Å². The van der Waals surface area contributed by atoms with Crippen LogP contribution >= 0.6 is 0 Å². The van der Waals surface area contributed by atoms with E-state index in [4.69, 9.17) is 4.74 Å². The Morgan fingerprint density at radius 2 is 2.27 bits per heavy atom. The summed E-state index contributed by atoms with van der Waals surface area (Å²) in [6.45, 7) is 3.04. The van der Waals surface area contributed by atoms with Crippen LogP contribution in [0.25, 0.3) is 0 Å². The summed E-state index contributed by atoms with van der Waals surface area (Å²) in [5.74, 6) is 0. The van der Waals surface area contributed by atoms with Crippen LogP contribution in [0.1, 0.15) is 18.5 Å². The minimum absolute atomic E-state index is 0.467. The molecule has 2 aliphatic rings. The largest absolute Gasteiger partial charge is 0.372 e. The van der Waals surface area contributed by atoms with E-state index in [-0.39, 0.29) is 0 Å². The highest BCUT2D eigenvalue weighted by Crippen LogP contribution is 2.45. The Bertz CT molecular complexity index is 327. The van der Waals surface area contributed by atoms with E-state index >= 15 is 0 Å². The first kappa shape index (κ1) is 9.31. The molecule has 1 aromatic rings. The monoisotopic (exact) mass is 204 g/mol. The number of ether oxygens (including phenoxy) is 1. The van der Waals surface area contributed by atoms with Gasteiger partial charge in [0.15, 0.2) is 0 Å². The van der Waals surface area contributed by atoms with Crippen LogP contribution in [0.5, 0.6) is 0 Å². The lowest BCUT2D eigenvalue weighted by molar-refractivity contribution is -0.110. The van der Waals surface area contributed by atoms with Crippen molar-refractivity contribution in [3.63, 3.8) is 0 Å². The lowest BCUT2D eigenvalue weighted by atomic mass is 9.63. The van der Waals surface area contributed by atoms with Crippen LogP contribution in [0.15, 0.2) is 24.4 Å². The number of aromatic nitrogens is 1. The van der Waals surface area contributed by atoms with Gasteiger partial charge in [0.2, 0.25) is 0 Å². The summed E-state index contributed by atoms with van der Waals surface area (Å²) in [6.07, 6.45) is 4.74. The second-order valence-electron chi connectivity index (χ2n) is 4.77. The zero-order chi connectivity index (χ0) is 10.1. The third kappa shape index (κ3) is 1.77. The first-order valence-corrected chi connectivity index (χ1v) is 5.59. The summed E-state index contributed by atoms with van der Waals surface area (Å²) in [4.78, 5) is 4.24. The van der Waals surface area contributed by atoms with Crippen molar-refractivity contribution in [3.05, 3.63) is 30.1 Å². The van der Waals surface area contributed by atoms with Crippen molar-refractivity contribution >= 4 is 0 Å². The van der Waals surface area contributed by atoms with E-state index < -0.39 is 0 Å². The van der Waals surface area contributed by atoms with E-state index in [0.717, 1.165) is 5.69 Å². The summed E-state index contributed by atoms with van der Waals surface area (Å²) in [5, 5.41) is 3.33. The lowest BCUT2D eigenvalue weighted by Crippen LogP contribution is -2.62. The molecule has 0 amide bonds. The zero-order valence-corrected chi connectivity index (χ0v) is 8.78. The minimum atomic E-state index is 0.467. The Kier molecular flexibility index (Phi) is 2.22. The van der Waals surface area contributed by atoms with Gasteiger partial charge in [-0.25, -0.2) is 0 Å². The van der Waals surface area contributed by atoms with E-state index in [1.807, 2.05) is 24.4 Å². The molecule has 0 radical (unpaired) electrons. The topological polar surface area (TPSA) is 34.1 Å².